The van der Waals surface area contributed by atoms with Crippen LogP contribution in [0.4, 0.5) is 0 Å². The molecule has 1 heterocycles. The fraction of sp³-hybridized carbons (Fsp3) is 0.167. The average molecular weight is 452 g/mol. The SMILES string of the molecule is CC[C@H](N)c1nnc(-c2ccc(Oc3cccc(OCc4ccccc4)c3)cc2Cl)s1. The normalized spacial score (nSPS) is 11.8. The molecule has 4 rings (SSSR count). The van der Waals surface area contributed by atoms with Crippen LogP contribution in [0.3, 0.4) is 0 Å². The first-order chi connectivity index (χ1) is 15.1. The van der Waals surface area contributed by atoms with Gasteiger partial charge in [-0.05, 0) is 36.2 Å². The van der Waals surface area contributed by atoms with Gasteiger partial charge in [0.25, 0.3) is 0 Å². The molecule has 3 aromatic carbocycles. The van der Waals surface area contributed by atoms with Gasteiger partial charge in [0.2, 0.25) is 0 Å². The third-order valence-electron chi connectivity index (χ3n) is 4.66. The fourth-order valence-electron chi connectivity index (χ4n) is 2.91. The Labute approximate surface area is 190 Å². The van der Waals surface area contributed by atoms with E-state index >= 15 is 0 Å². The molecule has 5 nitrogen and oxygen atoms in total. The second-order valence-corrected chi connectivity index (χ2v) is 8.37. The van der Waals surface area contributed by atoms with Crippen LogP contribution in [0, 0.1) is 0 Å². The van der Waals surface area contributed by atoms with E-state index in [9.17, 15) is 0 Å². The summed E-state index contributed by atoms with van der Waals surface area (Å²) in [5.74, 6) is 2.03. The molecule has 1 aromatic heterocycles. The summed E-state index contributed by atoms with van der Waals surface area (Å²) in [5, 5.41) is 10.5. The number of halogens is 1. The summed E-state index contributed by atoms with van der Waals surface area (Å²) in [4.78, 5) is 0. The predicted molar refractivity (Wildman–Crippen MR) is 125 cm³/mol. The minimum Gasteiger partial charge on any atom is -0.489 e. The zero-order valence-electron chi connectivity index (χ0n) is 17.0. The van der Waals surface area contributed by atoms with E-state index in [1.54, 1.807) is 6.07 Å². The number of ether oxygens (including phenoxy) is 2. The Morgan fingerprint density at radius 3 is 2.48 bits per heavy atom. The van der Waals surface area contributed by atoms with Crippen LogP contribution < -0.4 is 15.2 Å². The van der Waals surface area contributed by atoms with Crippen molar-refractivity contribution in [2.75, 3.05) is 0 Å². The first-order valence-electron chi connectivity index (χ1n) is 9.96. The van der Waals surface area contributed by atoms with E-state index in [1.807, 2.05) is 73.7 Å². The van der Waals surface area contributed by atoms with E-state index in [-0.39, 0.29) is 6.04 Å². The van der Waals surface area contributed by atoms with E-state index in [1.165, 1.54) is 11.3 Å². The van der Waals surface area contributed by atoms with Gasteiger partial charge in [-0.2, -0.15) is 0 Å². The van der Waals surface area contributed by atoms with Crippen molar-refractivity contribution in [1.82, 2.24) is 10.2 Å². The lowest BCUT2D eigenvalue weighted by molar-refractivity contribution is 0.304. The van der Waals surface area contributed by atoms with Crippen LogP contribution in [0.1, 0.15) is 30.0 Å². The first kappa shape index (κ1) is 21.3. The number of nitrogens with zero attached hydrogens (tertiary/aromatic N) is 2. The van der Waals surface area contributed by atoms with Crippen LogP contribution in [0.5, 0.6) is 17.2 Å². The molecular weight excluding hydrogens is 430 g/mol. The molecule has 0 spiro atoms. The van der Waals surface area contributed by atoms with E-state index in [0.717, 1.165) is 33.3 Å². The van der Waals surface area contributed by atoms with Crippen LogP contribution in [0.2, 0.25) is 5.02 Å². The van der Waals surface area contributed by atoms with Gasteiger partial charge in [-0.15, -0.1) is 10.2 Å². The van der Waals surface area contributed by atoms with Gasteiger partial charge in [-0.1, -0.05) is 66.3 Å². The Balaban J connectivity index is 1.45. The Morgan fingerprint density at radius 2 is 1.71 bits per heavy atom. The minimum absolute atomic E-state index is 0.107. The lowest BCUT2D eigenvalue weighted by Gasteiger charge is -2.10. The van der Waals surface area contributed by atoms with Gasteiger partial charge in [-0.25, -0.2) is 0 Å². The summed E-state index contributed by atoms with van der Waals surface area (Å²) in [6.45, 7) is 2.52. The van der Waals surface area contributed by atoms with Gasteiger partial charge < -0.3 is 15.2 Å². The predicted octanol–water partition coefficient (Wildman–Crippen LogP) is 6.64. The van der Waals surface area contributed by atoms with Gasteiger partial charge in [0, 0.05) is 17.7 Å². The van der Waals surface area contributed by atoms with Crippen LogP contribution in [-0.4, -0.2) is 10.2 Å². The zero-order chi connectivity index (χ0) is 21.6. The largest absolute Gasteiger partial charge is 0.489 e. The highest BCUT2D eigenvalue weighted by Crippen LogP contribution is 2.36. The van der Waals surface area contributed by atoms with Crippen LogP contribution in [-0.2, 0) is 6.61 Å². The average Bonchev–Trinajstić information content (AvgIpc) is 3.28. The minimum atomic E-state index is -0.107. The number of benzene rings is 3. The smallest absolute Gasteiger partial charge is 0.149 e. The summed E-state index contributed by atoms with van der Waals surface area (Å²) in [6.07, 6.45) is 0.809. The number of rotatable bonds is 8. The highest BCUT2D eigenvalue weighted by atomic mass is 35.5. The second kappa shape index (κ2) is 9.92. The Bertz CT molecular complexity index is 1150. The van der Waals surface area contributed by atoms with Crippen molar-refractivity contribution in [2.24, 2.45) is 5.73 Å². The quantitative estimate of drug-likeness (QED) is 0.325. The van der Waals surface area contributed by atoms with E-state index in [2.05, 4.69) is 10.2 Å². The molecule has 0 saturated carbocycles. The molecule has 158 valence electrons. The van der Waals surface area contributed by atoms with Gasteiger partial charge in [0.15, 0.2) is 0 Å². The van der Waals surface area contributed by atoms with Crippen molar-refractivity contribution in [3.8, 4) is 27.8 Å². The summed E-state index contributed by atoms with van der Waals surface area (Å²) >= 11 is 7.96. The fourth-order valence-corrected chi connectivity index (χ4v) is 4.19. The third kappa shape index (κ3) is 5.41. The number of nitrogens with two attached hydrogens (primary N) is 1. The number of hydrogen-bond acceptors (Lipinski definition) is 6. The van der Waals surface area contributed by atoms with E-state index < -0.39 is 0 Å². The molecule has 0 radical (unpaired) electrons. The summed E-state index contributed by atoms with van der Waals surface area (Å²) in [5.41, 5.74) is 7.96. The Hall–Kier alpha value is -2.93. The molecule has 0 amide bonds. The second-order valence-electron chi connectivity index (χ2n) is 6.95. The lowest BCUT2D eigenvalue weighted by Crippen LogP contribution is -2.07. The molecule has 4 aromatic rings. The molecule has 31 heavy (non-hydrogen) atoms. The summed E-state index contributed by atoms with van der Waals surface area (Å²) in [7, 11) is 0. The molecule has 0 saturated heterocycles. The Morgan fingerprint density at radius 1 is 0.935 bits per heavy atom. The van der Waals surface area contributed by atoms with Crippen LogP contribution in [0.25, 0.3) is 10.6 Å². The topological polar surface area (TPSA) is 70.3 Å². The highest BCUT2D eigenvalue weighted by molar-refractivity contribution is 7.14. The zero-order valence-corrected chi connectivity index (χ0v) is 18.6. The van der Waals surface area contributed by atoms with E-state index in [0.29, 0.717) is 23.1 Å². The lowest BCUT2D eigenvalue weighted by atomic mass is 10.2. The maximum atomic E-state index is 6.50. The van der Waals surface area contributed by atoms with E-state index in [4.69, 9.17) is 26.8 Å². The van der Waals surface area contributed by atoms with Gasteiger partial charge in [0.1, 0.15) is 33.9 Å². The Kier molecular flexibility index (Phi) is 6.82. The maximum Gasteiger partial charge on any atom is 0.149 e. The van der Waals surface area contributed by atoms with Crippen molar-refractivity contribution in [3.05, 3.63) is 88.4 Å². The van der Waals surface area contributed by atoms with Crippen molar-refractivity contribution in [3.63, 3.8) is 0 Å². The van der Waals surface area contributed by atoms with Gasteiger partial charge in [-0.3, -0.25) is 0 Å². The van der Waals surface area contributed by atoms with Crippen molar-refractivity contribution in [2.45, 2.75) is 26.0 Å². The molecule has 0 bridgehead atoms. The third-order valence-corrected chi connectivity index (χ3v) is 6.06. The number of aromatic nitrogens is 2. The molecule has 0 aliphatic rings. The van der Waals surface area contributed by atoms with Crippen LogP contribution in [0.15, 0.2) is 72.8 Å². The summed E-state index contributed by atoms with van der Waals surface area (Å²) < 4.78 is 11.9. The molecule has 0 unspecified atom stereocenters. The standard InChI is InChI=1S/C24H22ClN3O2S/c1-2-22(26)24-28-27-23(31-24)20-12-11-19(14-21(20)25)30-18-10-6-9-17(13-18)29-15-16-7-4-3-5-8-16/h3-14,22H,2,15,26H2,1H3/t22-/m0/s1. The molecule has 1 atom stereocenters. The number of hydrogen-bond donors (Lipinski definition) is 1. The highest BCUT2D eigenvalue weighted by Gasteiger charge is 2.15. The summed E-state index contributed by atoms with van der Waals surface area (Å²) in [6, 6.07) is 23.0. The van der Waals surface area contributed by atoms with Crippen molar-refractivity contribution in [1.29, 1.82) is 0 Å². The van der Waals surface area contributed by atoms with Crippen molar-refractivity contribution < 1.29 is 9.47 Å². The van der Waals surface area contributed by atoms with Gasteiger partial charge >= 0.3 is 0 Å². The first-order valence-corrected chi connectivity index (χ1v) is 11.2. The molecule has 0 aliphatic carbocycles. The van der Waals surface area contributed by atoms with Crippen LogP contribution >= 0.6 is 22.9 Å². The van der Waals surface area contributed by atoms with Gasteiger partial charge in [0.05, 0.1) is 11.1 Å². The van der Waals surface area contributed by atoms with Crippen molar-refractivity contribution >= 4 is 22.9 Å². The molecule has 0 aliphatic heterocycles. The monoisotopic (exact) mass is 451 g/mol. The molecule has 0 fully saturated rings. The maximum absolute atomic E-state index is 6.50. The molecule has 7 heteroatoms. The molecule has 2 N–H and O–H groups in total. The molecular formula is C24H22ClN3O2S.